The Balaban J connectivity index is 2.55. The highest BCUT2D eigenvalue weighted by molar-refractivity contribution is 7.99. The zero-order valence-corrected chi connectivity index (χ0v) is 12.3. The van der Waals surface area contributed by atoms with Gasteiger partial charge in [0.1, 0.15) is 6.04 Å². The molecule has 0 bridgehead atoms. The van der Waals surface area contributed by atoms with Crippen molar-refractivity contribution in [1.82, 2.24) is 5.32 Å². The van der Waals surface area contributed by atoms with Crippen molar-refractivity contribution < 1.29 is 9.90 Å². The number of thioether (sulfide) groups is 1. The molecule has 0 spiro atoms. The summed E-state index contributed by atoms with van der Waals surface area (Å²) in [5, 5.41) is 13.0. The fourth-order valence-electron chi connectivity index (χ4n) is 1.28. The molecule has 2 N–H and O–H groups in total. The normalized spacial score (nSPS) is 12.4. The van der Waals surface area contributed by atoms with Crippen LogP contribution in [0.5, 0.6) is 0 Å². The van der Waals surface area contributed by atoms with Crippen molar-refractivity contribution in [3.8, 4) is 0 Å². The third-order valence-corrected chi connectivity index (χ3v) is 4.07. The maximum Gasteiger partial charge on any atom is 0.321 e. The second-order valence-corrected chi connectivity index (χ2v) is 5.64. The van der Waals surface area contributed by atoms with E-state index in [4.69, 9.17) is 28.3 Å². The average molecular weight is 308 g/mol. The van der Waals surface area contributed by atoms with Gasteiger partial charge in [-0.3, -0.25) is 4.79 Å². The lowest BCUT2D eigenvalue weighted by Gasteiger charge is -2.13. The quantitative estimate of drug-likeness (QED) is 0.757. The molecule has 3 nitrogen and oxygen atoms in total. The van der Waals surface area contributed by atoms with Crippen LogP contribution in [0.3, 0.4) is 0 Å². The standard InChI is InChI=1S/C12H15Cl2NO2S/c1-2-5-15-11(12(16)17)7-18-8-3-4-9(13)10(14)6-8/h3-4,6,11,15H,2,5,7H2,1H3,(H,16,17). The van der Waals surface area contributed by atoms with E-state index >= 15 is 0 Å². The molecule has 0 amide bonds. The average Bonchev–Trinajstić information content (AvgIpc) is 2.33. The first-order valence-electron chi connectivity index (χ1n) is 5.58. The predicted octanol–water partition coefficient (Wildman–Crippen LogP) is 3.54. The van der Waals surface area contributed by atoms with Crippen molar-refractivity contribution in [1.29, 1.82) is 0 Å². The fraction of sp³-hybridized carbons (Fsp3) is 0.417. The summed E-state index contributed by atoms with van der Waals surface area (Å²) in [5.74, 6) is -0.385. The van der Waals surface area contributed by atoms with Gasteiger partial charge in [-0.25, -0.2) is 0 Å². The highest BCUT2D eigenvalue weighted by Gasteiger charge is 2.16. The van der Waals surface area contributed by atoms with Gasteiger partial charge in [0.15, 0.2) is 0 Å². The number of rotatable bonds is 7. The number of benzene rings is 1. The van der Waals surface area contributed by atoms with Crippen molar-refractivity contribution in [3.05, 3.63) is 28.2 Å². The first-order chi connectivity index (χ1) is 8.54. The Kier molecular flexibility index (Phi) is 6.86. The molecule has 0 fully saturated rings. The number of carboxylic acid groups (broad SMARTS) is 1. The lowest BCUT2D eigenvalue weighted by Crippen LogP contribution is -2.39. The molecular formula is C12H15Cl2NO2S. The van der Waals surface area contributed by atoms with E-state index in [-0.39, 0.29) is 0 Å². The van der Waals surface area contributed by atoms with Crippen LogP contribution in [0.15, 0.2) is 23.1 Å². The van der Waals surface area contributed by atoms with Crippen molar-refractivity contribution >= 4 is 40.9 Å². The summed E-state index contributed by atoms with van der Waals surface area (Å²) in [6.45, 7) is 2.69. The summed E-state index contributed by atoms with van der Waals surface area (Å²) in [5.41, 5.74) is 0. The van der Waals surface area contributed by atoms with E-state index in [0.29, 0.717) is 22.3 Å². The molecule has 0 radical (unpaired) electrons. The Labute approximate surface area is 121 Å². The van der Waals surface area contributed by atoms with Crippen LogP contribution in [0.25, 0.3) is 0 Å². The van der Waals surface area contributed by atoms with Gasteiger partial charge in [-0.2, -0.15) is 0 Å². The molecule has 1 aromatic carbocycles. The summed E-state index contributed by atoms with van der Waals surface area (Å²) in [7, 11) is 0. The fourth-order valence-corrected chi connectivity index (χ4v) is 2.63. The van der Waals surface area contributed by atoms with Gasteiger partial charge in [-0.05, 0) is 31.2 Å². The van der Waals surface area contributed by atoms with Gasteiger partial charge >= 0.3 is 5.97 Å². The Bertz CT molecular complexity index is 415. The second kappa shape index (κ2) is 7.89. The Morgan fingerprint density at radius 2 is 2.17 bits per heavy atom. The van der Waals surface area contributed by atoms with Crippen molar-refractivity contribution in [2.24, 2.45) is 0 Å². The molecule has 0 saturated heterocycles. The minimum absolute atomic E-state index is 0.452. The molecule has 0 heterocycles. The molecule has 1 unspecified atom stereocenters. The molecular weight excluding hydrogens is 293 g/mol. The minimum atomic E-state index is -0.837. The highest BCUT2D eigenvalue weighted by atomic mass is 35.5. The van der Waals surface area contributed by atoms with Crippen LogP contribution in [0.4, 0.5) is 0 Å². The van der Waals surface area contributed by atoms with Crippen molar-refractivity contribution in [3.63, 3.8) is 0 Å². The van der Waals surface area contributed by atoms with E-state index in [2.05, 4.69) is 5.32 Å². The Morgan fingerprint density at radius 1 is 1.44 bits per heavy atom. The molecule has 100 valence electrons. The summed E-state index contributed by atoms with van der Waals surface area (Å²) < 4.78 is 0. The number of nitrogens with one attached hydrogen (secondary N) is 1. The SMILES string of the molecule is CCCNC(CSc1ccc(Cl)c(Cl)c1)C(=O)O. The molecule has 18 heavy (non-hydrogen) atoms. The van der Waals surface area contributed by atoms with E-state index in [1.165, 1.54) is 11.8 Å². The Morgan fingerprint density at radius 3 is 2.72 bits per heavy atom. The van der Waals surface area contributed by atoms with Gasteiger partial charge in [0.2, 0.25) is 0 Å². The first-order valence-corrected chi connectivity index (χ1v) is 7.32. The summed E-state index contributed by atoms with van der Waals surface area (Å²) in [6.07, 6.45) is 0.904. The van der Waals surface area contributed by atoms with Gasteiger partial charge in [0.05, 0.1) is 10.0 Å². The Hall–Kier alpha value is -0.420. The third-order valence-electron chi connectivity index (χ3n) is 2.25. The molecule has 0 aliphatic heterocycles. The monoisotopic (exact) mass is 307 g/mol. The predicted molar refractivity (Wildman–Crippen MR) is 76.9 cm³/mol. The lowest BCUT2D eigenvalue weighted by atomic mass is 10.3. The van der Waals surface area contributed by atoms with E-state index in [0.717, 1.165) is 11.3 Å². The van der Waals surface area contributed by atoms with Crippen LogP contribution >= 0.6 is 35.0 Å². The number of hydrogen-bond acceptors (Lipinski definition) is 3. The first kappa shape index (κ1) is 15.6. The van der Waals surface area contributed by atoms with Crippen LogP contribution in [-0.4, -0.2) is 29.4 Å². The maximum absolute atomic E-state index is 11.0. The number of carboxylic acids is 1. The number of hydrogen-bond donors (Lipinski definition) is 2. The molecule has 0 saturated carbocycles. The van der Waals surface area contributed by atoms with E-state index in [1.54, 1.807) is 12.1 Å². The highest BCUT2D eigenvalue weighted by Crippen LogP contribution is 2.28. The molecule has 1 aromatic rings. The van der Waals surface area contributed by atoms with Gasteiger partial charge in [-0.15, -0.1) is 11.8 Å². The molecule has 0 aliphatic rings. The van der Waals surface area contributed by atoms with Crippen LogP contribution in [0.1, 0.15) is 13.3 Å². The largest absolute Gasteiger partial charge is 0.480 e. The zero-order chi connectivity index (χ0) is 13.5. The molecule has 1 rings (SSSR count). The topological polar surface area (TPSA) is 49.3 Å². The molecule has 6 heteroatoms. The van der Waals surface area contributed by atoms with E-state index in [1.807, 2.05) is 13.0 Å². The smallest absolute Gasteiger partial charge is 0.321 e. The van der Waals surface area contributed by atoms with Gasteiger partial charge in [0, 0.05) is 10.6 Å². The summed E-state index contributed by atoms with van der Waals surface area (Å²) in [6, 6.07) is 4.73. The molecule has 0 aliphatic carbocycles. The van der Waals surface area contributed by atoms with Crippen LogP contribution in [0, 0.1) is 0 Å². The molecule has 0 aromatic heterocycles. The van der Waals surface area contributed by atoms with Gasteiger partial charge in [0.25, 0.3) is 0 Å². The maximum atomic E-state index is 11.0. The van der Waals surface area contributed by atoms with Crippen LogP contribution in [-0.2, 0) is 4.79 Å². The van der Waals surface area contributed by atoms with Crippen molar-refractivity contribution in [2.45, 2.75) is 24.3 Å². The third kappa shape index (κ3) is 5.06. The summed E-state index contributed by atoms with van der Waals surface area (Å²) in [4.78, 5) is 11.9. The lowest BCUT2D eigenvalue weighted by molar-refractivity contribution is -0.138. The van der Waals surface area contributed by atoms with Crippen LogP contribution < -0.4 is 5.32 Å². The minimum Gasteiger partial charge on any atom is -0.480 e. The second-order valence-electron chi connectivity index (χ2n) is 3.73. The van der Waals surface area contributed by atoms with Crippen molar-refractivity contribution in [2.75, 3.05) is 12.3 Å². The number of carbonyl (C=O) groups is 1. The summed E-state index contributed by atoms with van der Waals surface area (Å²) >= 11 is 13.2. The molecule has 1 atom stereocenters. The van der Waals surface area contributed by atoms with E-state index < -0.39 is 12.0 Å². The number of aliphatic carboxylic acids is 1. The van der Waals surface area contributed by atoms with Crippen LogP contribution in [0.2, 0.25) is 10.0 Å². The number of halogens is 2. The zero-order valence-electron chi connectivity index (χ0n) is 9.95. The van der Waals surface area contributed by atoms with Gasteiger partial charge < -0.3 is 10.4 Å². The van der Waals surface area contributed by atoms with E-state index in [9.17, 15) is 4.79 Å². The van der Waals surface area contributed by atoms with Gasteiger partial charge in [-0.1, -0.05) is 30.1 Å².